The Morgan fingerprint density at radius 1 is 0.853 bits per heavy atom. The van der Waals surface area contributed by atoms with E-state index in [9.17, 15) is 19.2 Å². The Morgan fingerprint density at radius 2 is 1.38 bits per heavy atom. The number of hydrogen-bond acceptors (Lipinski definition) is 6. The molecule has 0 saturated carbocycles. The molecule has 1 heterocycles. The van der Waals surface area contributed by atoms with Gasteiger partial charge in [0, 0.05) is 13.1 Å². The van der Waals surface area contributed by atoms with Gasteiger partial charge < -0.3 is 30.8 Å². The molecule has 0 unspecified atom stereocenters. The molecule has 12 nitrogen and oxygen atoms in total. The van der Waals surface area contributed by atoms with Crippen LogP contribution in [0.4, 0.5) is 9.59 Å². The maximum Gasteiger partial charge on any atom is 0.437 e. The zero-order valence-electron chi connectivity index (χ0n) is 20.7. The Bertz CT molecular complexity index is 894. The predicted octanol–water partition coefficient (Wildman–Crippen LogP) is 2.42. The van der Waals surface area contributed by atoms with Gasteiger partial charge in [-0.25, -0.2) is 9.59 Å². The lowest BCUT2D eigenvalue weighted by molar-refractivity contribution is 0.0525. The minimum Gasteiger partial charge on any atom is -0.444 e. The van der Waals surface area contributed by atoms with E-state index in [0.717, 1.165) is 12.8 Å². The molecule has 0 spiro atoms. The summed E-state index contributed by atoms with van der Waals surface area (Å²) in [5.41, 5.74) is 4.53. The number of rotatable bonds is 8. The first-order valence-corrected chi connectivity index (χ1v) is 11.0. The molecule has 0 aliphatic carbocycles. The summed E-state index contributed by atoms with van der Waals surface area (Å²) in [5, 5.41) is 7.67. The summed E-state index contributed by atoms with van der Waals surface area (Å²) in [7, 11) is 0. The van der Waals surface area contributed by atoms with Crippen LogP contribution in [0.2, 0.25) is 0 Å². The number of hydrogen-bond donors (Lipinski definition) is 5. The molecule has 0 aliphatic heterocycles. The van der Waals surface area contributed by atoms with Crippen molar-refractivity contribution < 1.29 is 28.7 Å². The molecule has 190 valence electrons. The number of ether oxygens (including phenoxy) is 2. The molecule has 34 heavy (non-hydrogen) atoms. The Morgan fingerprint density at radius 3 is 1.94 bits per heavy atom. The van der Waals surface area contributed by atoms with Crippen LogP contribution in [0, 0.1) is 0 Å². The number of amides is 4. The van der Waals surface area contributed by atoms with Crippen LogP contribution in [-0.2, 0) is 9.47 Å². The molecular formula is C22H36N6O6. The second-order valence-corrected chi connectivity index (χ2v) is 9.46. The third-order valence-corrected chi connectivity index (χ3v) is 3.83. The monoisotopic (exact) mass is 480 g/mol. The summed E-state index contributed by atoms with van der Waals surface area (Å²) in [6, 6.07) is 2.86. The number of nitrogens with one attached hydrogen (secondary N) is 4. The number of carbonyl (C=O) groups is 4. The zero-order chi connectivity index (χ0) is 25.9. The van der Waals surface area contributed by atoms with Crippen molar-refractivity contribution in [3.8, 4) is 0 Å². The number of nitrogens with zero attached hydrogens (tertiary/aromatic N) is 1. The summed E-state index contributed by atoms with van der Waals surface area (Å²) in [6.07, 6.45) is 0.870. The van der Waals surface area contributed by atoms with Gasteiger partial charge >= 0.3 is 12.2 Å². The van der Waals surface area contributed by atoms with Gasteiger partial charge in [-0.3, -0.25) is 14.9 Å². The molecule has 0 bridgehead atoms. The largest absolute Gasteiger partial charge is 0.444 e. The molecule has 1 aromatic rings. The maximum absolute atomic E-state index is 12.2. The predicted molar refractivity (Wildman–Crippen MR) is 127 cm³/mol. The number of carbonyl (C=O) groups excluding carboxylic acids is 4. The molecule has 0 fully saturated rings. The third-order valence-electron chi connectivity index (χ3n) is 3.83. The lowest BCUT2D eigenvalue weighted by Gasteiger charge is -2.19. The number of nitrogens with two attached hydrogens (primary N) is 1. The second-order valence-electron chi connectivity index (χ2n) is 9.46. The number of guanidine groups is 1. The second kappa shape index (κ2) is 12.6. The van der Waals surface area contributed by atoms with Crippen LogP contribution in [0.3, 0.4) is 0 Å². The molecule has 0 saturated heterocycles. The lowest BCUT2D eigenvalue weighted by Crippen LogP contribution is -2.38. The first-order valence-electron chi connectivity index (χ1n) is 11.0. The highest BCUT2D eigenvalue weighted by atomic mass is 16.6. The van der Waals surface area contributed by atoms with Crippen molar-refractivity contribution in [1.82, 2.24) is 20.9 Å². The maximum atomic E-state index is 12.2. The lowest BCUT2D eigenvalue weighted by atomic mass is 10.2. The van der Waals surface area contributed by atoms with Crippen molar-refractivity contribution in [2.75, 3.05) is 13.1 Å². The molecule has 1 aromatic heterocycles. The topological polar surface area (TPSA) is 177 Å². The van der Waals surface area contributed by atoms with Crippen LogP contribution in [-0.4, -0.2) is 59.2 Å². The van der Waals surface area contributed by atoms with E-state index in [1.807, 2.05) is 0 Å². The van der Waals surface area contributed by atoms with Crippen LogP contribution in [0.1, 0.15) is 81.8 Å². The fourth-order valence-electron chi connectivity index (χ4n) is 2.48. The van der Waals surface area contributed by atoms with Gasteiger partial charge in [0.05, 0.1) is 0 Å². The molecule has 0 aromatic carbocycles. The van der Waals surface area contributed by atoms with E-state index in [2.05, 4.69) is 25.9 Å². The Kier molecular flexibility index (Phi) is 10.6. The molecule has 0 atom stereocenters. The van der Waals surface area contributed by atoms with Gasteiger partial charge in [-0.05, 0) is 72.9 Å². The van der Waals surface area contributed by atoms with Gasteiger partial charge in [-0.2, -0.15) is 0 Å². The first kappa shape index (κ1) is 28.5. The van der Waals surface area contributed by atoms with E-state index in [0.29, 0.717) is 19.5 Å². The molecule has 12 heteroatoms. The Labute approximate surface area is 199 Å². The fourth-order valence-corrected chi connectivity index (χ4v) is 2.48. The van der Waals surface area contributed by atoms with Gasteiger partial charge in [0.25, 0.3) is 11.8 Å². The summed E-state index contributed by atoms with van der Waals surface area (Å²) < 4.78 is 10.1. The molecule has 6 N–H and O–H groups in total. The van der Waals surface area contributed by atoms with Crippen molar-refractivity contribution in [1.29, 1.82) is 0 Å². The average Bonchev–Trinajstić information content (AvgIpc) is 3.14. The van der Waals surface area contributed by atoms with E-state index in [4.69, 9.17) is 15.2 Å². The van der Waals surface area contributed by atoms with Gasteiger partial charge in [0.1, 0.15) is 22.6 Å². The quantitative estimate of drug-likeness (QED) is 0.215. The van der Waals surface area contributed by atoms with Crippen LogP contribution >= 0.6 is 0 Å². The highest BCUT2D eigenvalue weighted by molar-refractivity contribution is 6.07. The number of aromatic nitrogens is 1. The smallest absolute Gasteiger partial charge is 0.437 e. The minimum atomic E-state index is -0.933. The van der Waals surface area contributed by atoms with Gasteiger partial charge in [-0.1, -0.05) is 0 Å². The number of H-pyrrole nitrogens is 1. The molecular weight excluding hydrogens is 444 g/mol. The van der Waals surface area contributed by atoms with E-state index in [1.165, 1.54) is 12.1 Å². The molecule has 0 radical (unpaired) electrons. The third kappa shape index (κ3) is 12.5. The van der Waals surface area contributed by atoms with Gasteiger partial charge in [-0.15, -0.1) is 4.99 Å². The van der Waals surface area contributed by atoms with E-state index in [-0.39, 0.29) is 17.3 Å². The van der Waals surface area contributed by atoms with Gasteiger partial charge in [0.2, 0.25) is 5.96 Å². The highest BCUT2D eigenvalue weighted by Gasteiger charge is 2.18. The summed E-state index contributed by atoms with van der Waals surface area (Å²) in [6.45, 7) is 11.3. The minimum absolute atomic E-state index is 0.0701. The molecule has 4 amide bonds. The number of alkyl carbamates (subject to hydrolysis) is 1. The fraction of sp³-hybridized carbons (Fsp3) is 0.591. The standard InChI is InChI=1S/C22H36N6O6/c1-21(2,3)33-19(31)25-13-9-7-8-12-24-16(29)14-10-11-15(26-14)17(30)27-18(23)28-20(32)34-22(4,5)6/h10-11,26H,7-9,12-13H2,1-6H3,(H,24,29)(H,25,31)(H3,23,27,28,30,32). The van der Waals surface area contributed by atoms with Crippen LogP contribution in [0.15, 0.2) is 17.1 Å². The Hall–Kier alpha value is -3.57. The summed E-state index contributed by atoms with van der Waals surface area (Å²) in [5.74, 6) is -1.47. The first-order chi connectivity index (χ1) is 15.7. The van der Waals surface area contributed by atoms with Crippen molar-refractivity contribution in [3.63, 3.8) is 0 Å². The van der Waals surface area contributed by atoms with E-state index >= 15 is 0 Å². The SMILES string of the molecule is CC(C)(C)OC(=O)/N=C(/N)NC(=O)c1ccc(C(=O)NCCCCCNC(=O)OC(C)(C)C)[nH]1. The summed E-state index contributed by atoms with van der Waals surface area (Å²) in [4.78, 5) is 53.7. The van der Waals surface area contributed by atoms with Gasteiger partial charge in [0.15, 0.2) is 0 Å². The number of unbranched alkanes of at least 4 members (excludes halogenated alkanes) is 2. The highest BCUT2D eigenvalue weighted by Crippen LogP contribution is 2.08. The Balaban J connectivity index is 2.35. The van der Waals surface area contributed by atoms with E-state index in [1.54, 1.807) is 41.5 Å². The normalized spacial score (nSPS) is 12.0. The molecule has 0 aliphatic rings. The van der Waals surface area contributed by atoms with Crippen molar-refractivity contribution >= 4 is 30.0 Å². The molecule has 1 rings (SSSR count). The zero-order valence-corrected chi connectivity index (χ0v) is 20.7. The van der Waals surface area contributed by atoms with Crippen molar-refractivity contribution in [3.05, 3.63) is 23.5 Å². The van der Waals surface area contributed by atoms with Crippen molar-refractivity contribution in [2.24, 2.45) is 10.7 Å². The average molecular weight is 481 g/mol. The van der Waals surface area contributed by atoms with E-state index < -0.39 is 35.3 Å². The van der Waals surface area contributed by atoms with Crippen molar-refractivity contribution in [2.45, 2.75) is 72.0 Å². The van der Waals surface area contributed by atoms with Crippen LogP contribution < -0.4 is 21.7 Å². The number of aromatic amines is 1. The van der Waals surface area contributed by atoms with Crippen LogP contribution in [0.25, 0.3) is 0 Å². The number of aliphatic imine (C=N–C) groups is 1. The summed E-state index contributed by atoms with van der Waals surface area (Å²) >= 11 is 0. The van der Waals surface area contributed by atoms with Crippen LogP contribution in [0.5, 0.6) is 0 Å².